The lowest BCUT2D eigenvalue weighted by Crippen LogP contribution is -1.81. The molecule has 74 valence electrons. The fourth-order valence-electron chi connectivity index (χ4n) is 1.63. The molecule has 2 heteroatoms. The van der Waals surface area contributed by atoms with Crippen molar-refractivity contribution in [1.82, 2.24) is 4.98 Å². The van der Waals surface area contributed by atoms with E-state index in [-0.39, 0.29) is 0 Å². The molecule has 0 bridgehead atoms. The smallest absolute Gasteiger partial charge is 0.102 e. The van der Waals surface area contributed by atoms with Crippen molar-refractivity contribution in [2.24, 2.45) is 0 Å². The van der Waals surface area contributed by atoms with Gasteiger partial charge in [0.1, 0.15) is 6.07 Å². The van der Waals surface area contributed by atoms with Crippen molar-refractivity contribution in [1.29, 1.82) is 5.26 Å². The third-order valence-corrected chi connectivity index (χ3v) is 2.55. The summed E-state index contributed by atoms with van der Waals surface area (Å²) in [6, 6.07) is 10.4. The summed E-state index contributed by atoms with van der Waals surface area (Å²) in [5, 5.41) is 9.03. The molecule has 0 fully saturated rings. The number of benzene rings is 1. The number of aromatic nitrogens is 1. The molecule has 0 saturated heterocycles. The molecule has 0 unspecified atom stereocenters. The molecule has 0 spiro atoms. The monoisotopic (exact) mass is 196 g/mol. The van der Waals surface area contributed by atoms with Gasteiger partial charge in [-0.15, -0.1) is 0 Å². The summed E-state index contributed by atoms with van der Waals surface area (Å²) in [4.78, 5) is 3.08. The molecule has 15 heavy (non-hydrogen) atoms. The summed E-state index contributed by atoms with van der Waals surface area (Å²) in [6.45, 7) is 3.97. The Morgan fingerprint density at radius 1 is 1.13 bits per heavy atom. The molecule has 0 radical (unpaired) electrons. The molecule has 0 aliphatic rings. The number of hydrogen-bond donors (Lipinski definition) is 1. The Hall–Kier alpha value is -2.01. The minimum atomic E-state index is 0.735. The fraction of sp³-hybridized carbons (Fsp3) is 0.154. The maximum absolute atomic E-state index is 9.03. The molecule has 2 nitrogen and oxygen atoms in total. The van der Waals surface area contributed by atoms with E-state index in [4.69, 9.17) is 5.26 Å². The zero-order valence-electron chi connectivity index (χ0n) is 8.83. The van der Waals surface area contributed by atoms with Crippen LogP contribution in [0.2, 0.25) is 0 Å². The van der Waals surface area contributed by atoms with Crippen LogP contribution >= 0.6 is 0 Å². The van der Waals surface area contributed by atoms with Gasteiger partial charge in [0.2, 0.25) is 0 Å². The fourth-order valence-corrected chi connectivity index (χ4v) is 1.63. The second-order valence-electron chi connectivity index (χ2n) is 3.68. The average Bonchev–Trinajstić information content (AvgIpc) is 2.61. The topological polar surface area (TPSA) is 39.6 Å². The lowest BCUT2D eigenvalue weighted by atomic mass is 10.0. The van der Waals surface area contributed by atoms with E-state index in [1.165, 1.54) is 5.56 Å². The van der Waals surface area contributed by atoms with E-state index in [1.807, 2.05) is 25.3 Å². The molecule has 1 aromatic carbocycles. The first kappa shape index (κ1) is 9.54. The minimum absolute atomic E-state index is 0.735. The summed E-state index contributed by atoms with van der Waals surface area (Å²) in [5.74, 6) is 0. The molecule has 1 heterocycles. The lowest BCUT2D eigenvalue weighted by molar-refractivity contribution is 1.25. The van der Waals surface area contributed by atoms with Gasteiger partial charge in [0.25, 0.3) is 0 Å². The van der Waals surface area contributed by atoms with E-state index in [2.05, 4.69) is 30.1 Å². The van der Waals surface area contributed by atoms with Gasteiger partial charge in [-0.1, -0.05) is 29.8 Å². The Morgan fingerprint density at radius 3 is 2.40 bits per heavy atom. The summed E-state index contributed by atoms with van der Waals surface area (Å²) in [7, 11) is 0. The maximum Gasteiger partial charge on any atom is 0.102 e. The van der Waals surface area contributed by atoms with E-state index in [1.54, 1.807) is 0 Å². The Bertz CT molecular complexity index is 512. The van der Waals surface area contributed by atoms with Gasteiger partial charge < -0.3 is 4.98 Å². The SMILES string of the molecule is Cc1ccc(-c2c[nH]c(C)c2C#N)cc1. The van der Waals surface area contributed by atoms with Crippen LogP contribution in [0, 0.1) is 25.2 Å². The summed E-state index contributed by atoms with van der Waals surface area (Å²) >= 11 is 0. The summed E-state index contributed by atoms with van der Waals surface area (Å²) in [6.07, 6.45) is 1.89. The molecule has 0 atom stereocenters. The van der Waals surface area contributed by atoms with Gasteiger partial charge in [-0.05, 0) is 19.4 Å². The van der Waals surface area contributed by atoms with Crippen LogP contribution in [0.4, 0.5) is 0 Å². The molecule has 1 N–H and O–H groups in total. The highest BCUT2D eigenvalue weighted by molar-refractivity contribution is 5.71. The standard InChI is InChI=1S/C13H12N2/c1-9-3-5-11(6-4-9)13-8-15-10(2)12(13)7-14/h3-6,8,15H,1-2H3. The maximum atomic E-state index is 9.03. The zero-order chi connectivity index (χ0) is 10.8. The number of aryl methyl sites for hydroxylation is 2. The summed E-state index contributed by atoms with van der Waals surface area (Å²) in [5.41, 5.74) is 4.95. The molecule has 0 aliphatic carbocycles. The van der Waals surface area contributed by atoms with Crippen molar-refractivity contribution < 1.29 is 0 Å². The van der Waals surface area contributed by atoms with Gasteiger partial charge in [-0.2, -0.15) is 5.26 Å². The molecule has 2 rings (SSSR count). The van der Waals surface area contributed by atoms with Crippen LogP contribution in [-0.4, -0.2) is 4.98 Å². The minimum Gasteiger partial charge on any atom is -0.363 e. The Kier molecular flexibility index (Phi) is 2.31. The molecule has 0 amide bonds. The van der Waals surface area contributed by atoms with Crippen molar-refractivity contribution in [3.63, 3.8) is 0 Å². The van der Waals surface area contributed by atoms with Gasteiger partial charge in [0, 0.05) is 17.5 Å². The van der Waals surface area contributed by atoms with E-state index in [0.29, 0.717) is 0 Å². The normalized spacial score (nSPS) is 9.93. The van der Waals surface area contributed by atoms with E-state index in [0.717, 1.165) is 22.4 Å². The third kappa shape index (κ3) is 1.64. The number of aromatic amines is 1. The first-order chi connectivity index (χ1) is 7.22. The largest absolute Gasteiger partial charge is 0.363 e. The van der Waals surface area contributed by atoms with Crippen molar-refractivity contribution in [3.8, 4) is 17.2 Å². The highest BCUT2D eigenvalue weighted by Crippen LogP contribution is 2.25. The molecular weight excluding hydrogens is 184 g/mol. The number of nitrogens with one attached hydrogen (secondary N) is 1. The number of nitriles is 1. The Morgan fingerprint density at radius 2 is 1.80 bits per heavy atom. The number of rotatable bonds is 1. The van der Waals surface area contributed by atoms with Gasteiger partial charge in [-0.25, -0.2) is 0 Å². The van der Waals surface area contributed by atoms with E-state index < -0.39 is 0 Å². The number of hydrogen-bond acceptors (Lipinski definition) is 1. The van der Waals surface area contributed by atoms with Crippen LogP contribution in [0.15, 0.2) is 30.5 Å². The van der Waals surface area contributed by atoms with Crippen molar-refractivity contribution in [3.05, 3.63) is 47.3 Å². The lowest BCUT2D eigenvalue weighted by Gasteiger charge is -1.99. The predicted octanol–water partition coefficient (Wildman–Crippen LogP) is 3.17. The first-order valence-electron chi connectivity index (χ1n) is 4.87. The van der Waals surface area contributed by atoms with Crippen LogP contribution < -0.4 is 0 Å². The molecular formula is C13H12N2. The van der Waals surface area contributed by atoms with Crippen molar-refractivity contribution in [2.75, 3.05) is 0 Å². The van der Waals surface area contributed by atoms with Crippen LogP contribution in [0.1, 0.15) is 16.8 Å². The van der Waals surface area contributed by atoms with Gasteiger partial charge in [0.15, 0.2) is 0 Å². The van der Waals surface area contributed by atoms with Gasteiger partial charge in [0.05, 0.1) is 5.56 Å². The second-order valence-corrected chi connectivity index (χ2v) is 3.68. The van der Waals surface area contributed by atoms with Crippen LogP contribution in [-0.2, 0) is 0 Å². The number of H-pyrrole nitrogens is 1. The Labute approximate surface area is 89.2 Å². The van der Waals surface area contributed by atoms with E-state index in [9.17, 15) is 0 Å². The quantitative estimate of drug-likeness (QED) is 0.747. The van der Waals surface area contributed by atoms with Gasteiger partial charge in [-0.3, -0.25) is 0 Å². The number of nitrogens with zero attached hydrogens (tertiary/aromatic N) is 1. The third-order valence-electron chi connectivity index (χ3n) is 2.55. The highest BCUT2D eigenvalue weighted by atomic mass is 14.7. The van der Waals surface area contributed by atoms with Gasteiger partial charge >= 0.3 is 0 Å². The Balaban J connectivity index is 2.55. The average molecular weight is 196 g/mol. The molecule has 0 saturated carbocycles. The zero-order valence-corrected chi connectivity index (χ0v) is 8.83. The van der Waals surface area contributed by atoms with Crippen LogP contribution in [0.5, 0.6) is 0 Å². The van der Waals surface area contributed by atoms with Crippen LogP contribution in [0.25, 0.3) is 11.1 Å². The second kappa shape index (κ2) is 3.62. The van der Waals surface area contributed by atoms with Crippen molar-refractivity contribution >= 4 is 0 Å². The summed E-state index contributed by atoms with van der Waals surface area (Å²) < 4.78 is 0. The molecule has 1 aromatic heterocycles. The highest BCUT2D eigenvalue weighted by Gasteiger charge is 2.08. The van der Waals surface area contributed by atoms with E-state index >= 15 is 0 Å². The molecule has 2 aromatic rings. The molecule has 0 aliphatic heterocycles. The van der Waals surface area contributed by atoms with Crippen LogP contribution in [0.3, 0.4) is 0 Å². The first-order valence-corrected chi connectivity index (χ1v) is 4.87. The van der Waals surface area contributed by atoms with Crippen molar-refractivity contribution in [2.45, 2.75) is 13.8 Å². The predicted molar refractivity (Wildman–Crippen MR) is 60.4 cm³/mol.